The molecule has 1 saturated heterocycles. The summed E-state index contributed by atoms with van der Waals surface area (Å²) in [7, 11) is -2.95. The zero-order chi connectivity index (χ0) is 21.5. The summed E-state index contributed by atoms with van der Waals surface area (Å²) in [5.41, 5.74) is 3.66. The number of nitrogens with zero attached hydrogens (tertiary/aromatic N) is 2. The highest BCUT2D eigenvalue weighted by atomic mass is 32.2. The molecule has 0 amide bonds. The minimum atomic E-state index is -3.78. The lowest BCUT2D eigenvalue weighted by Crippen LogP contribution is -2.35. The zero-order valence-corrected chi connectivity index (χ0v) is 18.4. The Morgan fingerprint density at radius 2 is 1.93 bits per heavy atom. The number of nitrogens with one attached hydrogen (secondary N) is 2. The smallest absolute Gasteiger partial charge is 0.240 e. The molecule has 10 heteroatoms. The van der Waals surface area contributed by atoms with Crippen LogP contribution in [0.25, 0.3) is 22.2 Å². The maximum atomic E-state index is 12.6. The number of hydrogen-bond acceptors (Lipinski definition) is 6. The van der Waals surface area contributed by atoms with Gasteiger partial charge >= 0.3 is 0 Å². The van der Waals surface area contributed by atoms with Gasteiger partial charge in [-0.2, -0.15) is 0 Å². The van der Waals surface area contributed by atoms with Crippen molar-refractivity contribution in [3.05, 3.63) is 48.3 Å². The van der Waals surface area contributed by atoms with E-state index in [-0.39, 0.29) is 16.4 Å². The van der Waals surface area contributed by atoms with Crippen LogP contribution >= 0.6 is 0 Å². The Labute approximate surface area is 176 Å². The maximum absolute atomic E-state index is 12.6. The highest BCUT2D eigenvalue weighted by Gasteiger charge is 2.31. The Bertz CT molecular complexity index is 1280. The Balaban J connectivity index is 1.60. The second-order valence-electron chi connectivity index (χ2n) is 7.90. The molecule has 0 aliphatic carbocycles. The number of aromatic nitrogens is 2. The predicted octanol–water partition coefficient (Wildman–Crippen LogP) is 1.76. The SMILES string of the molecule is CN(C)Cc1cc2c(-c3ccc(S(=O)(=O)N[C@@H]4CCS(=O)(=O)C4)cc3)ccnc2[nH]1. The minimum absolute atomic E-state index is 0.0175. The molecule has 2 N–H and O–H groups in total. The van der Waals surface area contributed by atoms with Crippen molar-refractivity contribution in [1.29, 1.82) is 0 Å². The standard InChI is InChI=1S/C20H24N4O4S2/c1-24(2)12-16-11-19-18(7-9-21-20(19)22-16)14-3-5-17(6-4-14)30(27,28)23-15-8-10-29(25,26)13-15/h3-7,9,11,15,23H,8,10,12-13H2,1-2H3,(H,21,22)/t15-/m1/s1. The number of H-pyrrole nitrogens is 1. The number of aromatic amines is 1. The topological polar surface area (TPSA) is 112 Å². The Kier molecular flexibility index (Phi) is 5.43. The lowest BCUT2D eigenvalue weighted by molar-refractivity contribution is 0.398. The van der Waals surface area contributed by atoms with Gasteiger partial charge in [-0.05, 0) is 55.9 Å². The van der Waals surface area contributed by atoms with Gasteiger partial charge in [0.05, 0.1) is 16.4 Å². The molecule has 1 atom stereocenters. The summed E-state index contributed by atoms with van der Waals surface area (Å²) in [4.78, 5) is 9.88. The van der Waals surface area contributed by atoms with Crippen LogP contribution in [0, 0.1) is 0 Å². The highest BCUT2D eigenvalue weighted by Crippen LogP contribution is 2.29. The van der Waals surface area contributed by atoms with E-state index in [2.05, 4.69) is 25.7 Å². The van der Waals surface area contributed by atoms with E-state index in [9.17, 15) is 16.8 Å². The van der Waals surface area contributed by atoms with Crippen LogP contribution in [0.2, 0.25) is 0 Å². The first-order chi connectivity index (χ1) is 14.1. The van der Waals surface area contributed by atoms with E-state index in [1.54, 1.807) is 30.5 Å². The summed E-state index contributed by atoms with van der Waals surface area (Å²) in [6, 6.07) is 9.99. The fraction of sp³-hybridized carbons (Fsp3) is 0.350. The molecule has 3 heterocycles. The average molecular weight is 449 g/mol. The third kappa shape index (κ3) is 4.41. The first kappa shape index (κ1) is 21.0. The van der Waals surface area contributed by atoms with Crippen molar-refractivity contribution in [3.63, 3.8) is 0 Å². The van der Waals surface area contributed by atoms with Gasteiger partial charge < -0.3 is 9.88 Å². The fourth-order valence-corrected chi connectivity index (χ4v) is 6.80. The molecule has 0 spiro atoms. The summed E-state index contributed by atoms with van der Waals surface area (Å²) in [6.45, 7) is 0.759. The van der Waals surface area contributed by atoms with Gasteiger partial charge in [-0.25, -0.2) is 26.5 Å². The van der Waals surface area contributed by atoms with E-state index in [1.165, 1.54) is 0 Å². The van der Waals surface area contributed by atoms with Crippen molar-refractivity contribution in [2.24, 2.45) is 0 Å². The normalized spacial score (nSPS) is 19.0. The molecular weight excluding hydrogens is 424 g/mol. The Morgan fingerprint density at radius 1 is 1.20 bits per heavy atom. The van der Waals surface area contributed by atoms with Gasteiger partial charge in [-0.3, -0.25) is 0 Å². The molecule has 8 nitrogen and oxygen atoms in total. The monoisotopic (exact) mass is 448 g/mol. The van der Waals surface area contributed by atoms with Crippen LogP contribution in [0.5, 0.6) is 0 Å². The van der Waals surface area contributed by atoms with E-state index in [1.807, 2.05) is 20.2 Å². The molecule has 0 bridgehead atoms. The van der Waals surface area contributed by atoms with Crippen molar-refractivity contribution in [2.75, 3.05) is 25.6 Å². The van der Waals surface area contributed by atoms with Crippen LogP contribution in [0.3, 0.4) is 0 Å². The predicted molar refractivity (Wildman–Crippen MR) is 116 cm³/mol. The Hall–Kier alpha value is -2.27. The van der Waals surface area contributed by atoms with Gasteiger partial charge in [0.1, 0.15) is 5.65 Å². The Morgan fingerprint density at radius 3 is 2.57 bits per heavy atom. The molecular formula is C20H24N4O4S2. The second-order valence-corrected chi connectivity index (χ2v) is 11.8. The highest BCUT2D eigenvalue weighted by molar-refractivity contribution is 7.92. The number of rotatable bonds is 6. The molecule has 1 fully saturated rings. The third-order valence-electron chi connectivity index (χ3n) is 5.10. The van der Waals surface area contributed by atoms with Gasteiger partial charge in [0.2, 0.25) is 10.0 Å². The summed E-state index contributed by atoms with van der Waals surface area (Å²) < 4.78 is 51.0. The summed E-state index contributed by atoms with van der Waals surface area (Å²) in [5.74, 6) is -0.133. The van der Waals surface area contributed by atoms with Crippen molar-refractivity contribution < 1.29 is 16.8 Å². The number of fused-ring (bicyclic) bond motifs is 1. The average Bonchev–Trinajstić information content (AvgIpc) is 3.22. The molecule has 1 aliphatic rings. The van der Waals surface area contributed by atoms with Crippen LogP contribution in [0.4, 0.5) is 0 Å². The van der Waals surface area contributed by atoms with Crippen molar-refractivity contribution >= 4 is 30.9 Å². The number of sulfone groups is 1. The number of hydrogen-bond donors (Lipinski definition) is 2. The molecule has 30 heavy (non-hydrogen) atoms. The first-order valence-corrected chi connectivity index (χ1v) is 12.9. The molecule has 0 saturated carbocycles. The van der Waals surface area contributed by atoms with Gasteiger partial charge in [0.15, 0.2) is 9.84 Å². The van der Waals surface area contributed by atoms with Crippen LogP contribution in [0.1, 0.15) is 12.1 Å². The minimum Gasteiger partial charge on any atom is -0.342 e. The lowest BCUT2D eigenvalue weighted by atomic mass is 10.0. The summed E-state index contributed by atoms with van der Waals surface area (Å²) in [5, 5.41) is 0.972. The van der Waals surface area contributed by atoms with Gasteiger partial charge in [-0.15, -0.1) is 0 Å². The van der Waals surface area contributed by atoms with Gasteiger partial charge in [0.25, 0.3) is 0 Å². The van der Waals surface area contributed by atoms with E-state index in [0.717, 1.165) is 34.4 Å². The van der Waals surface area contributed by atoms with Crippen molar-refractivity contribution in [2.45, 2.75) is 23.9 Å². The molecule has 0 unspecified atom stereocenters. The summed E-state index contributed by atoms with van der Waals surface area (Å²) in [6.07, 6.45) is 2.03. The zero-order valence-electron chi connectivity index (χ0n) is 16.8. The molecule has 4 rings (SSSR count). The molecule has 3 aromatic rings. The number of pyridine rings is 1. The van der Waals surface area contributed by atoms with E-state index in [4.69, 9.17) is 0 Å². The summed E-state index contributed by atoms with van der Waals surface area (Å²) >= 11 is 0. The maximum Gasteiger partial charge on any atom is 0.240 e. The largest absolute Gasteiger partial charge is 0.342 e. The van der Waals surface area contributed by atoms with Crippen LogP contribution in [-0.2, 0) is 26.4 Å². The lowest BCUT2D eigenvalue weighted by Gasteiger charge is -2.12. The van der Waals surface area contributed by atoms with Crippen molar-refractivity contribution in [3.8, 4) is 11.1 Å². The number of benzene rings is 1. The second kappa shape index (κ2) is 7.77. The van der Waals surface area contributed by atoms with E-state index in [0.29, 0.717) is 6.42 Å². The molecule has 0 radical (unpaired) electrons. The van der Waals surface area contributed by atoms with Gasteiger partial charge in [0, 0.05) is 29.9 Å². The quantitative estimate of drug-likeness (QED) is 0.594. The van der Waals surface area contributed by atoms with Crippen LogP contribution < -0.4 is 4.72 Å². The molecule has 1 aromatic carbocycles. The van der Waals surface area contributed by atoms with Crippen molar-refractivity contribution in [1.82, 2.24) is 19.6 Å². The molecule has 160 valence electrons. The molecule has 2 aromatic heterocycles. The van der Waals surface area contributed by atoms with Gasteiger partial charge in [-0.1, -0.05) is 12.1 Å². The van der Waals surface area contributed by atoms with E-state index < -0.39 is 25.9 Å². The number of sulfonamides is 1. The van der Waals surface area contributed by atoms with Crippen LogP contribution in [0.15, 0.2) is 47.5 Å². The first-order valence-electron chi connectivity index (χ1n) is 9.57. The third-order valence-corrected chi connectivity index (χ3v) is 8.41. The fourth-order valence-electron chi connectivity index (χ4n) is 3.75. The van der Waals surface area contributed by atoms with E-state index >= 15 is 0 Å². The molecule has 1 aliphatic heterocycles. The van der Waals surface area contributed by atoms with Crippen LogP contribution in [-0.4, -0.2) is 63.3 Å².